The zero-order valence-corrected chi connectivity index (χ0v) is 10.9. The number of aliphatic hydroxyl groups is 1. The highest BCUT2D eigenvalue weighted by molar-refractivity contribution is 4.96. The minimum absolute atomic E-state index is 0.0412. The molecule has 0 bridgehead atoms. The molecule has 2 rings (SSSR count). The van der Waals surface area contributed by atoms with E-state index in [2.05, 4.69) is 0 Å². The van der Waals surface area contributed by atoms with Crippen LogP contribution in [0.15, 0.2) is 15.8 Å². The van der Waals surface area contributed by atoms with E-state index in [1.54, 1.807) is 0 Å². The lowest BCUT2D eigenvalue weighted by Gasteiger charge is -2.24. The van der Waals surface area contributed by atoms with Crippen molar-refractivity contribution in [1.29, 1.82) is 0 Å². The highest BCUT2D eigenvalue weighted by atomic mass is 19.1. The van der Waals surface area contributed by atoms with Gasteiger partial charge in [0.25, 0.3) is 5.56 Å². The molecule has 0 aromatic carbocycles. The summed E-state index contributed by atoms with van der Waals surface area (Å²) < 4.78 is 29.4. The first-order valence-electron chi connectivity index (χ1n) is 5.85. The van der Waals surface area contributed by atoms with E-state index in [-0.39, 0.29) is 6.61 Å². The Morgan fingerprint density at radius 3 is 2.75 bits per heavy atom. The summed E-state index contributed by atoms with van der Waals surface area (Å²) in [6.07, 6.45) is -2.05. The third-order valence-electron chi connectivity index (χ3n) is 3.20. The van der Waals surface area contributed by atoms with Gasteiger partial charge in [-0.3, -0.25) is 14.3 Å². The second kappa shape index (κ2) is 5.83. The standard InChI is InChI=1S/C11H15FN2O6/c1-18-10(19-2)8-7(15)6(4-20-8)14-3-5(12)9(16)13-11(14)17/h3,6-8,10,15H,4H2,1-2H3,(H,13,16,17). The lowest BCUT2D eigenvalue weighted by molar-refractivity contribution is -0.185. The highest BCUT2D eigenvalue weighted by Gasteiger charge is 2.42. The molecule has 0 aliphatic carbocycles. The second-order valence-electron chi connectivity index (χ2n) is 4.34. The van der Waals surface area contributed by atoms with Crippen molar-refractivity contribution in [1.82, 2.24) is 9.55 Å². The number of halogens is 1. The number of ether oxygens (including phenoxy) is 3. The molecule has 2 N–H and O–H groups in total. The van der Waals surface area contributed by atoms with Gasteiger partial charge in [-0.25, -0.2) is 4.79 Å². The fraction of sp³-hybridized carbons (Fsp3) is 0.636. The number of aromatic nitrogens is 2. The smallest absolute Gasteiger partial charge is 0.328 e. The minimum atomic E-state index is -1.15. The monoisotopic (exact) mass is 290 g/mol. The van der Waals surface area contributed by atoms with Crippen molar-refractivity contribution < 1.29 is 23.7 Å². The molecule has 2 heterocycles. The first-order chi connectivity index (χ1) is 9.49. The van der Waals surface area contributed by atoms with Gasteiger partial charge in [0.2, 0.25) is 5.82 Å². The zero-order chi connectivity index (χ0) is 14.9. The molecule has 0 saturated carbocycles. The summed E-state index contributed by atoms with van der Waals surface area (Å²) >= 11 is 0. The lowest BCUT2D eigenvalue weighted by Crippen LogP contribution is -2.42. The summed E-state index contributed by atoms with van der Waals surface area (Å²) in [6.45, 7) is -0.0412. The molecule has 0 radical (unpaired) electrons. The summed E-state index contributed by atoms with van der Waals surface area (Å²) in [7, 11) is 2.76. The summed E-state index contributed by atoms with van der Waals surface area (Å²) in [6, 6.07) is -0.841. The molecule has 8 nitrogen and oxygen atoms in total. The van der Waals surface area contributed by atoms with Crippen LogP contribution in [0.25, 0.3) is 0 Å². The van der Waals surface area contributed by atoms with E-state index < -0.39 is 41.6 Å². The van der Waals surface area contributed by atoms with Gasteiger partial charge >= 0.3 is 5.69 Å². The van der Waals surface area contributed by atoms with E-state index >= 15 is 0 Å². The average molecular weight is 290 g/mol. The van der Waals surface area contributed by atoms with Crippen molar-refractivity contribution >= 4 is 0 Å². The van der Waals surface area contributed by atoms with Gasteiger partial charge in [-0.05, 0) is 0 Å². The van der Waals surface area contributed by atoms with Crippen molar-refractivity contribution in [3.8, 4) is 0 Å². The van der Waals surface area contributed by atoms with E-state index in [0.29, 0.717) is 0 Å². The number of aliphatic hydroxyl groups excluding tert-OH is 1. The Morgan fingerprint density at radius 2 is 2.15 bits per heavy atom. The maximum Gasteiger partial charge on any atom is 0.328 e. The summed E-state index contributed by atoms with van der Waals surface area (Å²) in [5.74, 6) is -1.12. The highest BCUT2D eigenvalue weighted by Crippen LogP contribution is 2.27. The van der Waals surface area contributed by atoms with Crippen LogP contribution in [0.2, 0.25) is 0 Å². The Labute approximate surface area is 112 Å². The fourth-order valence-corrected chi connectivity index (χ4v) is 2.18. The van der Waals surface area contributed by atoms with E-state index in [9.17, 15) is 19.1 Å². The van der Waals surface area contributed by atoms with Gasteiger partial charge in [-0.1, -0.05) is 0 Å². The van der Waals surface area contributed by atoms with Gasteiger partial charge in [-0.2, -0.15) is 4.39 Å². The van der Waals surface area contributed by atoms with Crippen LogP contribution in [-0.2, 0) is 14.2 Å². The maximum absolute atomic E-state index is 13.3. The van der Waals surface area contributed by atoms with Gasteiger partial charge in [0.1, 0.15) is 12.2 Å². The Morgan fingerprint density at radius 1 is 1.50 bits per heavy atom. The maximum atomic E-state index is 13.3. The molecule has 3 unspecified atom stereocenters. The van der Waals surface area contributed by atoms with E-state index in [1.807, 2.05) is 4.98 Å². The Bertz CT molecular complexity index is 581. The van der Waals surface area contributed by atoms with Gasteiger partial charge in [0.05, 0.1) is 18.8 Å². The van der Waals surface area contributed by atoms with Gasteiger partial charge < -0.3 is 19.3 Å². The van der Waals surface area contributed by atoms with Gasteiger partial charge in [0.15, 0.2) is 6.29 Å². The van der Waals surface area contributed by atoms with Crippen molar-refractivity contribution in [2.24, 2.45) is 0 Å². The number of hydrogen-bond donors (Lipinski definition) is 2. The molecular formula is C11H15FN2O6. The molecule has 1 saturated heterocycles. The van der Waals surface area contributed by atoms with E-state index in [1.165, 1.54) is 14.2 Å². The number of rotatable bonds is 4. The van der Waals surface area contributed by atoms with Gasteiger partial charge in [0, 0.05) is 14.2 Å². The molecule has 1 aromatic rings. The van der Waals surface area contributed by atoms with Crippen LogP contribution >= 0.6 is 0 Å². The first-order valence-corrected chi connectivity index (χ1v) is 5.85. The predicted molar refractivity (Wildman–Crippen MR) is 63.9 cm³/mol. The van der Waals surface area contributed by atoms with E-state index in [0.717, 1.165) is 10.8 Å². The first kappa shape index (κ1) is 14.9. The molecule has 3 atom stereocenters. The topological polar surface area (TPSA) is 103 Å². The quantitative estimate of drug-likeness (QED) is 0.661. The number of methoxy groups -OCH3 is 2. The zero-order valence-electron chi connectivity index (χ0n) is 10.9. The van der Waals surface area contributed by atoms with Crippen LogP contribution in [0.3, 0.4) is 0 Å². The molecule has 1 fully saturated rings. The summed E-state index contributed by atoms with van der Waals surface area (Å²) in [4.78, 5) is 24.5. The second-order valence-corrected chi connectivity index (χ2v) is 4.34. The predicted octanol–water partition coefficient (Wildman–Crippen LogP) is -1.40. The lowest BCUT2D eigenvalue weighted by atomic mass is 10.1. The van der Waals surface area contributed by atoms with Crippen molar-refractivity contribution in [3.05, 3.63) is 32.9 Å². The molecule has 9 heteroatoms. The molecule has 20 heavy (non-hydrogen) atoms. The number of aromatic amines is 1. The number of nitrogens with one attached hydrogen (secondary N) is 1. The number of H-pyrrole nitrogens is 1. The normalized spacial score (nSPS) is 26.4. The molecular weight excluding hydrogens is 275 g/mol. The number of hydrogen-bond acceptors (Lipinski definition) is 6. The SMILES string of the molecule is COC(OC)C1OCC(n2cc(F)c(=O)[nH]c2=O)C1O. The van der Waals surface area contributed by atoms with Crippen molar-refractivity contribution in [3.63, 3.8) is 0 Å². The van der Waals surface area contributed by atoms with Crippen LogP contribution in [-0.4, -0.2) is 54.0 Å². The van der Waals surface area contributed by atoms with Crippen LogP contribution < -0.4 is 11.2 Å². The van der Waals surface area contributed by atoms with Crippen LogP contribution in [0.4, 0.5) is 4.39 Å². The van der Waals surface area contributed by atoms with Crippen LogP contribution in [0, 0.1) is 5.82 Å². The molecule has 0 amide bonds. The van der Waals surface area contributed by atoms with E-state index in [4.69, 9.17) is 14.2 Å². The largest absolute Gasteiger partial charge is 0.388 e. The Balaban J connectivity index is 2.30. The molecule has 1 aromatic heterocycles. The van der Waals surface area contributed by atoms with Crippen molar-refractivity contribution in [2.45, 2.75) is 24.5 Å². The third-order valence-corrected chi connectivity index (χ3v) is 3.20. The summed E-state index contributed by atoms with van der Waals surface area (Å²) in [5.41, 5.74) is -1.93. The summed E-state index contributed by atoms with van der Waals surface area (Å²) in [5, 5.41) is 10.2. The molecule has 0 spiro atoms. The third kappa shape index (κ3) is 2.52. The molecule has 112 valence electrons. The number of nitrogens with zero attached hydrogens (tertiary/aromatic N) is 1. The Kier molecular flexibility index (Phi) is 4.33. The minimum Gasteiger partial charge on any atom is -0.388 e. The van der Waals surface area contributed by atoms with Crippen LogP contribution in [0.1, 0.15) is 6.04 Å². The van der Waals surface area contributed by atoms with Crippen LogP contribution in [0.5, 0.6) is 0 Å². The molecule has 1 aliphatic rings. The Hall–Kier alpha value is -1.55. The van der Waals surface area contributed by atoms with Gasteiger partial charge in [-0.15, -0.1) is 0 Å². The fourth-order valence-electron chi connectivity index (χ4n) is 2.18. The molecule has 1 aliphatic heterocycles. The average Bonchev–Trinajstić information content (AvgIpc) is 2.78. The van der Waals surface area contributed by atoms with Crippen molar-refractivity contribution in [2.75, 3.05) is 20.8 Å².